The van der Waals surface area contributed by atoms with Gasteiger partial charge in [0, 0.05) is 17.6 Å². The Morgan fingerprint density at radius 1 is 1.11 bits per heavy atom. The van der Waals surface area contributed by atoms with Crippen LogP contribution in [0.5, 0.6) is 5.75 Å². The molecule has 1 N–H and O–H groups in total. The molecule has 142 valence electrons. The van der Waals surface area contributed by atoms with Gasteiger partial charge in [0.25, 0.3) is 10.0 Å². The molecule has 0 amide bonds. The van der Waals surface area contributed by atoms with Crippen LogP contribution >= 0.6 is 22.7 Å². The molecule has 0 bridgehead atoms. The Hall–Kier alpha value is -2.69. The summed E-state index contributed by atoms with van der Waals surface area (Å²) < 4.78 is 34.7. The number of rotatable bonds is 4. The van der Waals surface area contributed by atoms with E-state index in [0.29, 0.717) is 24.0 Å². The third kappa shape index (κ3) is 2.99. The van der Waals surface area contributed by atoms with Gasteiger partial charge >= 0.3 is 0 Å². The Labute approximate surface area is 169 Å². The largest absolute Gasteiger partial charge is 0.489 e. The first-order valence-corrected chi connectivity index (χ1v) is 11.6. The second-order valence-electron chi connectivity index (χ2n) is 6.05. The van der Waals surface area contributed by atoms with Crippen molar-refractivity contribution in [2.45, 2.75) is 4.90 Å². The molecule has 2 aromatic carbocycles. The predicted molar refractivity (Wildman–Crippen MR) is 111 cm³/mol. The average Bonchev–Trinajstić information content (AvgIpc) is 3.38. The van der Waals surface area contributed by atoms with Crippen molar-refractivity contribution >= 4 is 59.4 Å². The van der Waals surface area contributed by atoms with Crippen LogP contribution in [0.2, 0.25) is 0 Å². The maximum atomic E-state index is 12.7. The van der Waals surface area contributed by atoms with E-state index < -0.39 is 10.0 Å². The summed E-state index contributed by atoms with van der Waals surface area (Å²) >= 11 is 2.82. The van der Waals surface area contributed by atoms with Gasteiger partial charge in [-0.1, -0.05) is 6.07 Å². The minimum absolute atomic E-state index is 0.134. The van der Waals surface area contributed by atoms with E-state index in [1.54, 1.807) is 41.1 Å². The monoisotopic (exact) mass is 430 g/mol. The van der Waals surface area contributed by atoms with Crippen molar-refractivity contribution in [3.05, 3.63) is 53.5 Å². The molecule has 5 rings (SSSR count). The Kier molecular flexibility index (Phi) is 4.18. The van der Waals surface area contributed by atoms with E-state index in [1.165, 1.54) is 11.3 Å². The molecule has 1 aliphatic rings. The molecule has 10 heteroatoms. The molecule has 1 aliphatic heterocycles. The number of anilines is 3. The van der Waals surface area contributed by atoms with Gasteiger partial charge < -0.3 is 9.64 Å². The smallest absolute Gasteiger partial charge is 0.263 e. The Morgan fingerprint density at radius 2 is 2.04 bits per heavy atom. The lowest BCUT2D eigenvalue weighted by atomic mass is 10.2. The summed E-state index contributed by atoms with van der Waals surface area (Å²) in [7, 11) is -3.74. The molecule has 28 heavy (non-hydrogen) atoms. The van der Waals surface area contributed by atoms with Crippen molar-refractivity contribution in [1.82, 2.24) is 9.97 Å². The third-order valence-electron chi connectivity index (χ3n) is 4.39. The van der Waals surface area contributed by atoms with Gasteiger partial charge in [-0.15, -0.1) is 22.7 Å². The lowest BCUT2D eigenvalue weighted by molar-refractivity contribution is 0.313. The quantitative estimate of drug-likeness (QED) is 0.525. The first-order chi connectivity index (χ1) is 13.6. The minimum Gasteiger partial charge on any atom is -0.489 e. The summed E-state index contributed by atoms with van der Waals surface area (Å²) in [4.78, 5) is 10.7. The maximum Gasteiger partial charge on any atom is 0.263 e. The Bertz CT molecular complexity index is 1250. The number of sulfonamides is 1. The second kappa shape index (κ2) is 6.73. The summed E-state index contributed by atoms with van der Waals surface area (Å²) in [5.74, 6) is 0.528. The van der Waals surface area contributed by atoms with Crippen LogP contribution in [0.25, 0.3) is 10.2 Å². The molecule has 0 unspecified atom stereocenters. The lowest BCUT2D eigenvalue weighted by Gasteiger charge is -2.31. The maximum absolute atomic E-state index is 12.7. The Balaban J connectivity index is 1.54. The number of hydrogen-bond donors (Lipinski definition) is 1. The van der Waals surface area contributed by atoms with Crippen LogP contribution in [-0.4, -0.2) is 31.5 Å². The van der Waals surface area contributed by atoms with Crippen LogP contribution in [0.15, 0.2) is 58.4 Å². The van der Waals surface area contributed by atoms with Crippen LogP contribution in [0.4, 0.5) is 16.5 Å². The zero-order chi connectivity index (χ0) is 19.1. The molecule has 7 nitrogen and oxygen atoms in total. The fourth-order valence-corrected chi connectivity index (χ4v) is 5.66. The summed E-state index contributed by atoms with van der Waals surface area (Å²) in [6.45, 7) is 1.12. The number of fused-ring (bicyclic) bond motifs is 2. The standard InChI is InChI=1S/C18H14N4O3S3/c23-28(24,21-18-19-6-9-26-18)12-4-5-13-15(10-12)25-8-7-22(13)14-2-1-3-16-17(14)20-11-27-16/h1-6,9-11H,7-8H2,(H,19,21). The number of thiazole rings is 2. The normalized spacial score (nSPS) is 13.9. The predicted octanol–water partition coefficient (Wildman–Crippen LogP) is 4.08. The third-order valence-corrected chi connectivity index (χ3v) is 7.34. The van der Waals surface area contributed by atoms with Gasteiger partial charge in [0.2, 0.25) is 0 Å². The number of para-hydroxylation sites is 1. The highest BCUT2D eigenvalue weighted by atomic mass is 32.2. The summed E-state index contributed by atoms with van der Waals surface area (Å²) in [5.41, 5.74) is 4.57. The van der Waals surface area contributed by atoms with Crippen molar-refractivity contribution < 1.29 is 13.2 Å². The summed E-state index contributed by atoms with van der Waals surface area (Å²) in [6, 6.07) is 11.0. The first-order valence-electron chi connectivity index (χ1n) is 8.41. The minimum atomic E-state index is -3.74. The van der Waals surface area contributed by atoms with Gasteiger partial charge in [-0.25, -0.2) is 18.4 Å². The number of hydrogen-bond acceptors (Lipinski definition) is 8. The van der Waals surface area contributed by atoms with Crippen LogP contribution in [-0.2, 0) is 10.0 Å². The zero-order valence-corrected chi connectivity index (χ0v) is 16.9. The molecule has 0 saturated carbocycles. The molecule has 0 atom stereocenters. The number of aromatic nitrogens is 2. The molecule has 3 heterocycles. The van der Waals surface area contributed by atoms with Gasteiger partial charge in [0.1, 0.15) is 17.9 Å². The van der Waals surface area contributed by atoms with Gasteiger partial charge in [-0.05, 0) is 24.3 Å². The van der Waals surface area contributed by atoms with Crippen LogP contribution in [0.1, 0.15) is 0 Å². The van der Waals surface area contributed by atoms with Gasteiger partial charge in [0.15, 0.2) is 5.13 Å². The van der Waals surface area contributed by atoms with Crippen LogP contribution < -0.4 is 14.4 Å². The molecule has 4 aromatic rings. The highest BCUT2D eigenvalue weighted by Gasteiger charge is 2.25. The van der Waals surface area contributed by atoms with E-state index in [0.717, 1.165) is 21.6 Å². The van der Waals surface area contributed by atoms with Crippen molar-refractivity contribution in [3.63, 3.8) is 0 Å². The average molecular weight is 431 g/mol. The number of ether oxygens (including phenoxy) is 1. The van der Waals surface area contributed by atoms with Gasteiger partial charge in [-0.2, -0.15) is 0 Å². The van der Waals surface area contributed by atoms with Gasteiger partial charge in [0.05, 0.1) is 33.0 Å². The molecular formula is C18H14N4O3S3. The van der Waals surface area contributed by atoms with Gasteiger partial charge in [-0.3, -0.25) is 4.72 Å². The highest BCUT2D eigenvalue weighted by Crippen LogP contribution is 2.40. The van der Waals surface area contributed by atoms with E-state index in [-0.39, 0.29) is 4.90 Å². The van der Waals surface area contributed by atoms with Crippen molar-refractivity contribution in [1.29, 1.82) is 0 Å². The van der Waals surface area contributed by atoms with E-state index in [4.69, 9.17) is 4.74 Å². The number of benzene rings is 2. The number of nitrogens with one attached hydrogen (secondary N) is 1. The fourth-order valence-electron chi connectivity index (χ4n) is 3.15. The fraction of sp³-hybridized carbons (Fsp3) is 0.111. The number of nitrogens with zero attached hydrogens (tertiary/aromatic N) is 3. The SMILES string of the molecule is O=S(=O)(Nc1nccs1)c1ccc2c(c1)OCCN2c1cccc2scnc12. The molecular weight excluding hydrogens is 416 g/mol. The van der Waals surface area contributed by atoms with Crippen LogP contribution in [0.3, 0.4) is 0 Å². The molecule has 0 saturated heterocycles. The first kappa shape index (κ1) is 17.4. The van der Waals surface area contributed by atoms with E-state index in [9.17, 15) is 8.42 Å². The molecule has 0 aliphatic carbocycles. The Morgan fingerprint density at radius 3 is 2.89 bits per heavy atom. The van der Waals surface area contributed by atoms with Crippen molar-refractivity contribution in [2.75, 3.05) is 22.8 Å². The van der Waals surface area contributed by atoms with E-state index >= 15 is 0 Å². The molecule has 0 fully saturated rings. The summed E-state index contributed by atoms with van der Waals surface area (Å²) in [6.07, 6.45) is 1.55. The topological polar surface area (TPSA) is 84.4 Å². The molecule has 2 aromatic heterocycles. The van der Waals surface area contributed by atoms with E-state index in [1.807, 2.05) is 23.7 Å². The summed E-state index contributed by atoms with van der Waals surface area (Å²) in [5, 5.41) is 2.04. The molecule has 0 radical (unpaired) electrons. The lowest BCUT2D eigenvalue weighted by Crippen LogP contribution is -2.29. The second-order valence-corrected chi connectivity index (χ2v) is 9.51. The van der Waals surface area contributed by atoms with E-state index in [2.05, 4.69) is 19.6 Å². The molecule has 0 spiro atoms. The highest BCUT2D eigenvalue weighted by molar-refractivity contribution is 7.93. The zero-order valence-electron chi connectivity index (χ0n) is 14.4. The van der Waals surface area contributed by atoms with Crippen molar-refractivity contribution in [2.24, 2.45) is 0 Å². The van der Waals surface area contributed by atoms with Crippen molar-refractivity contribution in [3.8, 4) is 5.75 Å². The van der Waals surface area contributed by atoms with Crippen LogP contribution in [0, 0.1) is 0 Å².